The maximum Gasteiger partial charge on any atom is 0.195 e. The molecule has 1 aliphatic carbocycles. The average Bonchev–Trinajstić information content (AvgIpc) is 2.81. The van der Waals surface area contributed by atoms with E-state index < -0.39 is 6.30 Å². The van der Waals surface area contributed by atoms with Gasteiger partial charge in [-0.3, -0.25) is 4.99 Å². The topological polar surface area (TPSA) is 21.6 Å². The van der Waals surface area contributed by atoms with Gasteiger partial charge in [-0.25, -0.2) is 4.39 Å². The van der Waals surface area contributed by atoms with Crippen LogP contribution < -0.4 is 0 Å². The molecule has 2 nitrogen and oxygen atoms in total. The summed E-state index contributed by atoms with van der Waals surface area (Å²) in [6.07, 6.45) is 4.82. The molecule has 0 radical (unpaired) electrons. The van der Waals surface area contributed by atoms with Gasteiger partial charge in [0, 0.05) is 5.92 Å². The maximum atomic E-state index is 12.8. The summed E-state index contributed by atoms with van der Waals surface area (Å²) < 4.78 is 18.3. The molecule has 0 aromatic carbocycles. The zero-order chi connectivity index (χ0) is 8.55. The van der Waals surface area contributed by atoms with Gasteiger partial charge in [0.05, 0.1) is 12.3 Å². The summed E-state index contributed by atoms with van der Waals surface area (Å²) in [6.45, 7) is 1.80. The predicted molar refractivity (Wildman–Crippen MR) is 44.7 cm³/mol. The fraction of sp³-hybridized carbons (Fsp3) is 0.667. The van der Waals surface area contributed by atoms with Gasteiger partial charge in [0.15, 0.2) is 6.30 Å². The Hall–Kier alpha value is -0.860. The van der Waals surface area contributed by atoms with E-state index in [-0.39, 0.29) is 5.92 Å². The zero-order valence-corrected chi connectivity index (χ0v) is 7.03. The number of ether oxygens (including phenoxy) is 1. The fourth-order valence-corrected chi connectivity index (χ4v) is 1.11. The number of alkyl halides is 1. The van der Waals surface area contributed by atoms with Gasteiger partial charge in [-0.05, 0) is 18.9 Å². The standard InChI is InChI=1S/C9H12FNO/c1-6-4-8(5-11-9(6)10)12-7-2-3-7/h4-7,9H,2-3H2,1H3. The SMILES string of the molecule is CC1C=C(OC2CC2)C=NC1F. The lowest BCUT2D eigenvalue weighted by Crippen LogP contribution is -2.14. The van der Waals surface area contributed by atoms with Crippen molar-refractivity contribution in [2.45, 2.75) is 32.2 Å². The van der Waals surface area contributed by atoms with Crippen LogP contribution in [0.2, 0.25) is 0 Å². The van der Waals surface area contributed by atoms with Crippen molar-refractivity contribution in [2.75, 3.05) is 0 Å². The molecule has 0 spiro atoms. The van der Waals surface area contributed by atoms with Gasteiger partial charge < -0.3 is 4.74 Å². The molecular weight excluding hydrogens is 157 g/mol. The zero-order valence-electron chi connectivity index (χ0n) is 7.03. The van der Waals surface area contributed by atoms with Crippen molar-refractivity contribution in [1.29, 1.82) is 0 Å². The highest BCUT2D eigenvalue weighted by Crippen LogP contribution is 2.28. The first-order valence-electron chi connectivity index (χ1n) is 4.31. The minimum atomic E-state index is -1.09. The largest absolute Gasteiger partial charge is 0.489 e. The molecule has 2 unspecified atom stereocenters. The fourth-order valence-electron chi connectivity index (χ4n) is 1.11. The van der Waals surface area contributed by atoms with Crippen molar-refractivity contribution in [3.63, 3.8) is 0 Å². The van der Waals surface area contributed by atoms with Crippen LogP contribution in [-0.2, 0) is 4.74 Å². The number of nitrogens with zero attached hydrogens (tertiary/aromatic N) is 1. The van der Waals surface area contributed by atoms with Crippen molar-refractivity contribution in [1.82, 2.24) is 0 Å². The first-order valence-corrected chi connectivity index (χ1v) is 4.31. The second-order valence-electron chi connectivity index (χ2n) is 3.40. The van der Waals surface area contributed by atoms with Crippen LogP contribution in [0.25, 0.3) is 0 Å². The molecule has 66 valence electrons. The summed E-state index contributed by atoms with van der Waals surface area (Å²) in [4.78, 5) is 3.69. The van der Waals surface area contributed by atoms with Crippen LogP contribution in [0.15, 0.2) is 16.8 Å². The van der Waals surface area contributed by atoms with Gasteiger partial charge in [-0.2, -0.15) is 0 Å². The minimum absolute atomic E-state index is 0.149. The second-order valence-corrected chi connectivity index (χ2v) is 3.40. The Balaban J connectivity index is 1.97. The third kappa shape index (κ3) is 1.65. The quantitative estimate of drug-likeness (QED) is 0.580. The van der Waals surface area contributed by atoms with Crippen LogP contribution in [0.5, 0.6) is 0 Å². The monoisotopic (exact) mass is 169 g/mol. The summed E-state index contributed by atoms with van der Waals surface area (Å²) in [6, 6.07) is 0. The number of aliphatic imine (C=N–C) groups is 1. The molecule has 3 heteroatoms. The Morgan fingerprint density at radius 1 is 1.58 bits per heavy atom. The lowest BCUT2D eigenvalue weighted by atomic mass is 10.1. The highest BCUT2D eigenvalue weighted by Gasteiger charge is 2.26. The van der Waals surface area contributed by atoms with E-state index in [2.05, 4.69) is 4.99 Å². The van der Waals surface area contributed by atoms with E-state index in [9.17, 15) is 4.39 Å². The van der Waals surface area contributed by atoms with E-state index in [1.807, 2.05) is 0 Å². The molecule has 0 aromatic rings. The van der Waals surface area contributed by atoms with Crippen LogP contribution in [-0.4, -0.2) is 18.6 Å². The van der Waals surface area contributed by atoms with Crippen LogP contribution >= 0.6 is 0 Å². The summed E-state index contributed by atoms with van der Waals surface area (Å²) in [5.41, 5.74) is 0. The molecule has 0 N–H and O–H groups in total. The van der Waals surface area contributed by atoms with Gasteiger partial charge in [-0.1, -0.05) is 6.92 Å². The van der Waals surface area contributed by atoms with Gasteiger partial charge >= 0.3 is 0 Å². The molecule has 1 saturated carbocycles. The summed E-state index contributed by atoms with van der Waals surface area (Å²) in [5.74, 6) is 0.586. The van der Waals surface area contributed by atoms with Crippen molar-refractivity contribution >= 4 is 6.21 Å². The van der Waals surface area contributed by atoms with Crippen molar-refractivity contribution < 1.29 is 9.13 Å². The van der Waals surface area contributed by atoms with Gasteiger partial charge in [0.25, 0.3) is 0 Å². The van der Waals surface area contributed by atoms with Gasteiger partial charge in [0.2, 0.25) is 0 Å². The molecule has 2 rings (SSSR count). The highest BCUT2D eigenvalue weighted by molar-refractivity contribution is 5.77. The third-order valence-corrected chi connectivity index (χ3v) is 2.03. The van der Waals surface area contributed by atoms with Gasteiger partial charge in [0.1, 0.15) is 5.76 Å². The second kappa shape index (κ2) is 2.88. The van der Waals surface area contributed by atoms with Crippen molar-refractivity contribution in [3.8, 4) is 0 Å². The smallest absolute Gasteiger partial charge is 0.195 e. The number of hydrogen-bond acceptors (Lipinski definition) is 2. The number of hydrogen-bond donors (Lipinski definition) is 0. The molecule has 2 aliphatic rings. The minimum Gasteiger partial charge on any atom is -0.489 e. The van der Waals surface area contributed by atoms with E-state index in [1.165, 1.54) is 6.21 Å². The molecule has 0 saturated heterocycles. The molecule has 2 atom stereocenters. The lowest BCUT2D eigenvalue weighted by Gasteiger charge is -2.15. The highest BCUT2D eigenvalue weighted by atomic mass is 19.1. The summed E-state index contributed by atoms with van der Waals surface area (Å²) >= 11 is 0. The van der Waals surface area contributed by atoms with Crippen molar-refractivity contribution in [2.24, 2.45) is 10.9 Å². The Bertz CT molecular complexity index is 233. The first-order chi connectivity index (χ1) is 5.75. The third-order valence-electron chi connectivity index (χ3n) is 2.03. The Kier molecular flexibility index (Phi) is 1.87. The molecule has 1 aliphatic heterocycles. The predicted octanol–water partition coefficient (Wildman–Crippen LogP) is 2.07. The van der Waals surface area contributed by atoms with Crippen LogP contribution in [0.4, 0.5) is 4.39 Å². The molecule has 0 amide bonds. The van der Waals surface area contributed by atoms with Gasteiger partial charge in [-0.15, -0.1) is 0 Å². The van der Waals surface area contributed by atoms with Crippen LogP contribution in [0, 0.1) is 5.92 Å². The summed E-state index contributed by atoms with van der Waals surface area (Å²) in [5, 5.41) is 0. The normalized spacial score (nSPS) is 34.7. The number of halogens is 1. The van der Waals surface area contributed by atoms with E-state index in [0.29, 0.717) is 6.10 Å². The van der Waals surface area contributed by atoms with Crippen LogP contribution in [0.3, 0.4) is 0 Å². The molecule has 1 heterocycles. The Morgan fingerprint density at radius 3 is 2.92 bits per heavy atom. The average molecular weight is 169 g/mol. The number of allylic oxidation sites excluding steroid dienone is 1. The molecular formula is C9H12FNO. The first kappa shape index (κ1) is 7.77. The van der Waals surface area contributed by atoms with E-state index in [1.54, 1.807) is 13.0 Å². The van der Waals surface area contributed by atoms with E-state index in [0.717, 1.165) is 18.6 Å². The molecule has 0 aromatic heterocycles. The molecule has 12 heavy (non-hydrogen) atoms. The number of rotatable bonds is 2. The van der Waals surface area contributed by atoms with Crippen LogP contribution in [0.1, 0.15) is 19.8 Å². The molecule has 0 bridgehead atoms. The number of dihydropyridines is 1. The Labute approximate surface area is 71.1 Å². The lowest BCUT2D eigenvalue weighted by molar-refractivity contribution is 0.203. The van der Waals surface area contributed by atoms with E-state index in [4.69, 9.17) is 4.74 Å². The summed E-state index contributed by atoms with van der Waals surface area (Å²) in [7, 11) is 0. The van der Waals surface area contributed by atoms with Crippen molar-refractivity contribution in [3.05, 3.63) is 11.8 Å². The molecule has 1 fully saturated rings. The maximum absolute atomic E-state index is 12.8. The Morgan fingerprint density at radius 2 is 2.33 bits per heavy atom. The van der Waals surface area contributed by atoms with E-state index >= 15 is 0 Å².